The molecule has 0 saturated carbocycles. The Bertz CT molecular complexity index is 449. The maximum atomic E-state index is 12.0. The van der Waals surface area contributed by atoms with Gasteiger partial charge in [0.15, 0.2) is 0 Å². The molecular formula is C14H18O4. The SMILES string of the molecule is CCc1ccc(OC)c(C2(C(=O)OC)COC2)c1. The molecule has 0 aliphatic carbocycles. The van der Waals surface area contributed by atoms with E-state index in [-0.39, 0.29) is 5.97 Å². The maximum absolute atomic E-state index is 12.0. The van der Waals surface area contributed by atoms with E-state index in [2.05, 4.69) is 6.92 Å². The Balaban J connectivity index is 2.50. The minimum Gasteiger partial charge on any atom is -0.496 e. The zero-order valence-electron chi connectivity index (χ0n) is 11.0. The smallest absolute Gasteiger partial charge is 0.321 e. The van der Waals surface area contributed by atoms with Crippen LogP contribution in [0.15, 0.2) is 18.2 Å². The summed E-state index contributed by atoms with van der Waals surface area (Å²) in [5, 5.41) is 0. The standard InChI is InChI=1S/C14H18O4/c1-4-10-5-6-12(16-2)11(7-10)14(8-18-9-14)13(15)17-3/h5-7H,4,8-9H2,1-3H3. The van der Waals surface area contributed by atoms with Gasteiger partial charge in [0, 0.05) is 5.56 Å². The third-order valence-corrected chi connectivity index (χ3v) is 3.46. The van der Waals surface area contributed by atoms with Gasteiger partial charge in [-0.2, -0.15) is 0 Å². The molecule has 1 aliphatic heterocycles. The molecule has 18 heavy (non-hydrogen) atoms. The normalized spacial score (nSPS) is 16.8. The lowest BCUT2D eigenvalue weighted by Gasteiger charge is -2.39. The fourth-order valence-corrected chi connectivity index (χ4v) is 2.23. The van der Waals surface area contributed by atoms with Crippen LogP contribution in [0.5, 0.6) is 5.75 Å². The summed E-state index contributed by atoms with van der Waals surface area (Å²) in [5.41, 5.74) is 1.33. The fraction of sp³-hybridized carbons (Fsp3) is 0.500. The van der Waals surface area contributed by atoms with Crippen molar-refractivity contribution in [2.45, 2.75) is 18.8 Å². The monoisotopic (exact) mass is 250 g/mol. The molecule has 98 valence electrons. The Kier molecular flexibility index (Phi) is 3.57. The zero-order valence-corrected chi connectivity index (χ0v) is 11.0. The highest BCUT2D eigenvalue weighted by Gasteiger charge is 2.50. The summed E-state index contributed by atoms with van der Waals surface area (Å²) in [7, 11) is 3.01. The number of carbonyl (C=O) groups is 1. The quantitative estimate of drug-likeness (QED) is 0.763. The molecule has 1 saturated heterocycles. The van der Waals surface area contributed by atoms with Gasteiger partial charge in [-0.15, -0.1) is 0 Å². The van der Waals surface area contributed by atoms with Gasteiger partial charge in [0.1, 0.15) is 11.2 Å². The number of rotatable bonds is 4. The summed E-state index contributed by atoms with van der Waals surface area (Å²) in [6.45, 7) is 2.78. The Morgan fingerprint density at radius 3 is 2.56 bits per heavy atom. The van der Waals surface area contributed by atoms with Crippen LogP contribution in [0.3, 0.4) is 0 Å². The second-order valence-electron chi connectivity index (χ2n) is 4.45. The van der Waals surface area contributed by atoms with Gasteiger partial charge in [0.25, 0.3) is 0 Å². The average molecular weight is 250 g/mol. The van der Waals surface area contributed by atoms with Crippen molar-refractivity contribution in [3.63, 3.8) is 0 Å². The van der Waals surface area contributed by atoms with E-state index in [1.807, 2.05) is 18.2 Å². The number of aryl methyl sites for hydroxylation is 1. The third-order valence-electron chi connectivity index (χ3n) is 3.46. The molecule has 0 aromatic heterocycles. The lowest BCUT2D eigenvalue weighted by molar-refractivity contribution is -0.166. The largest absolute Gasteiger partial charge is 0.496 e. The van der Waals surface area contributed by atoms with E-state index >= 15 is 0 Å². The number of benzene rings is 1. The van der Waals surface area contributed by atoms with Crippen molar-refractivity contribution in [2.24, 2.45) is 0 Å². The predicted octanol–water partition coefficient (Wildman–Crippen LogP) is 1.70. The molecule has 4 heteroatoms. The molecule has 0 unspecified atom stereocenters. The first-order valence-corrected chi connectivity index (χ1v) is 6.01. The highest BCUT2D eigenvalue weighted by atomic mass is 16.5. The van der Waals surface area contributed by atoms with Crippen molar-refractivity contribution in [3.05, 3.63) is 29.3 Å². The van der Waals surface area contributed by atoms with Gasteiger partial charge in [-0.3, -0.25) is 4.79 Å². The van der Waals surface area contributed by atoms with Crippen LogP contribution in [0.4, 0.5) is 0 Å². The van der Waals surface area contributed by atoms with Crippen LogP contribution in [0.25, 0.3) is 0 Å². The summed E-state index contributed by atoms with van der Waals surface area (Å²) in [6, 6.07) is 5.92. The lowest BCUT2D eigenvalue weighted by atomic mass is 9.77. The van der Waals surface area contributed by atoms with Crippen LogP contribution < -0.4 is 4.74 Å². The van der Waals surface area contributed by atoms with Crippen LogP contribution >= 0.6 is 0 Å². The molecule has 0 amide bonds. The van der Waals surface area contributed by atoms with E-state index in [9.17, 15) is 4.79 Å². The molecule has 1 heterocycles. The van der Waals surface area contributed by atoms with Gasteiger partial charge in [-0.25, -0.2) is 0 Å². The molecule has 0 spiro atoms. The molecule has 2 rings (SSSR count). The summed E-state index contributed by atoms with van der Waals surface area (Å²) in [6.07, 6.45) is 0.912. The molecule has 1 aromatic carbocycles. The highest BCUT2D eigenvalue weighted by Crippen LogP contribution is 2.39. The Labute approximate surface area is 107 Å². The van der Waals surface area contributed by atoms with Crippen molar-refractivity contribution < 1.29 is 19.0 Å². The van der Waals surface area contributed by atoms with Crippen LogP contribution in [-0.4, -0.2) is 33.4 Å². The first-order chi connectivity index (χ1) is 8.67. The number of esters is 1. The van der Waals surface area contributed by atoms with Crippen molar-refractivity contribution in [1.29, 1.82) is 0 Å². The van der Waals surface area contributed by atoms with Gasteiger partial charge < -0.3 is 14.2 Å². The predicted molar refractivity (Wildman–Crippen MR) is 66.9 cm³/mol. The summed E-state index contributed by atoms with van der Waals surface area (Å²) < 4.78 is 15.5. The Morgan fingerprint density at radius 2 is 2.11 bits per heavy atom. The van der Waals surface area contributed by atoms with Gasteiger partial charge >= 0.3 is 5.97 Å². The topological polar surface area (TPSA) is 44.8 Å². The van der Waals surface area contributed by atoms with Crippen molar-refractivity contribution in [2.75, 3.05) is 27.4 Å². The molecule has 1 aromatic rings. The molecule has 0 N–H and O–H groups in total. The summed E-state index contributed by atoms with van der Waals surface area (Å²) >= 11 is 0. The number of hydrogen-bond donors (Lipinski definition) is 0. The second kappa shape index (κ2) is 4.98. The molecule has 0 atom stereocenters. The third kappa shape index (κ3) is 1.86. The van der Waals surface area contributed by atoms with Crippen LogP contribution in [0, 0.1) is 0 Å². The average Bonchev–Trinajstić information content (AvgIpc) is 2.37. The first kappa shape index (κ1) is 12.9. The Hall–Kier alpha value is -1.55. The van der Waals surface area contributed by atoms with Gasteiger partial charge in [-0.1, -0.05) is 19.1 Å². The van der Waals surface area contributed by atoms with E-state index in [1.165, 1.54) is 12.7 Å². The van der Waals surface area contributed by atoms with Crippen molar-refractivity contribution >= 4 is 5.97 Å². The Morgan fingerprint density at radius 1 is 1.39 bits per heavy atom. The highest BCUT2D eigenvalue weighted by molar-refractivity contribution is 5.85. The van der Waals surface area contributed by atoms with Gasteiger partial charge in [0.05, 0.1) is 27.4 Å². The second-order valence-corrected chi connectivity index (χ2v) is 4.45. The summed E-state index contributed by atoms with van der Waals surface area (Å²) in [4.78, 5) is 12.0. The lowest BCUT2D eigenvalue weighted by Crippen LogP contribution is -2.53. The number of carbonyl (C=O) groups excluding carboxylic acids is 1. The van der Waals surface area contributed by atoms with E-state index in [0.717, 1.165) is 12.0 Å². The molecule has 1 fully saturated rings. The van der Waals surface area contributed by atoms with E-state index in [0.29, 0.717) is 19.0 Å². The van der Waals surface area contributed by atoms with Gasteiger partial charge in [-0.05, 0) is 18.1 Å². The van der Waals surface area contributed by atoms with Crippen molar-refractivity contribution in [1.82, 2.24) is 0 Å². The molecule has 4 nitrogen and oxygen atoms in total. The van der Waals surface area contributed by atoms with Crippen molar-refractivity contribution in [3.8, 4) is 5.75 Å². The molecule has 1 aliphatic rings. The molecule has 0 radical (unpaired) electrons. The fourth-order valence-electron chi connectivity index (χ4n) is 2.23. The first-order valence-electron chi connectivity index (χ1n) is 6.01. The summed E-state index contributed by atoms with van der Waals surface area (Å²) in [5.74, 6) is 0.446. The zero-order chi connectivity index (χ0) is 13.2. The molecule has 0 bridgehead atoms. The van der Waals surface area contributed by atoms with E-state index in [1.54, 1.807) is 7.11 Å². The molecular weight excluding hydrogens is 232 g/mol. The maximum Gasteiger partial charge on any atom is 0.321 e. The van der Waals surface area contributed by atoms with Crippen LogP contribution in [0.1, 0.15) is 18.1 Å². The minimum absolute atomic E-state index is 0.264. The van der Waals surface area contributed by atoms with Gasteiger partial charge in [0.2, 0.25) is 0 Å². The van der Waals surface area contributed by atoms with Crippen LogP contribution in [-0.2, 0) is 26.1 Å². The number of methoxy groups -OCH3 is 2. The number of hydrogen-bond acceptors (Lipinski definition) is 4. The number of ether oxygens (including phenoxy) is 3. The van der Waals surface area contributed by atoms with E-state index < -0.39 is 5.41 Å². The van der Waals surface area contributed by atoms with Crippen LogP contribution in [0.2, 0.25) is 0 Å². The minimum atomic E-state index is -0.703. The van der Waals surface area contributed by atoms with E-state index in [4.69, 9.17) is 14.2 Å².